The maximum absolute atomic E-state index is 13.5. The Labute approximate surface area is 172 Å². The number of carbonyl (C=O) groups excluding carboxylic acids is 1. The Balaban J connectivity index is 1.42. The van der Waals surface area contributed by atoms with E-state index in [1.165, 1.54) is 25.3 Å². The maximum Gasteiger partial charge on any atom is 0.321 e. The van der Waals surface area contributed by atoms with Crippen LogP contribution >= 0.6 is 11.6 Å². The number of urea groups is 1. The highest BCUT2D eigenvalue weighted by molar-refractivity contribution is 6.31. The molecule has 150 valence electrons. The first-order chi connectivity index (χ1) is 14.0. The van der Waals surface area contributed by atoms with Gasteiger partial charge < -0.3 is 19.9 Å². The van der Waals surface area contributed by atoms with Crippen molar-refractivity contribution in [3.8, 4) is 5.75 Å². The molecule has 1 fully saturated rings. The fourth-order valence-corrected chi connectivity index (χ4v) is 3.64. The number of halogens is 2. The zero-order valence-corrected chi connectivity index (χ0v) is 16.6. The van der Waals surface area contributed by atoms with Crippen LogP contribution in [0.3, 0.4) is 0 Å². The van der Waals surface area contributed by atoms with Gasteiger partial charge in [0.15, 0.2) is 11.6 Å². The lowest BCUT2D eigenvalue weighted by atomic mass is 10.1. The number of amides is 2. The molecule has 0 unspecified atom stereocenters. The van der Waals surface area contributed by atoms with Crippen LogP contribution in [0.1, 0.15) is 0 Å². The normalized spacial score (nSPS) is 14.2. The number of ether oxygens (including phenoxy) is 1. The van der Waals surface area contributed by atoms with Crippen LogP contribution in [0, 0.1) is 5.82 Å². The fourth-order valence-electron chi connectivity index (χ4n) is 3.47. The molecule has 2 heterocycles. The van der Waals surface area contributed by atoms with Gasteiger partial charge >= 0.3 is 6.03 Å². The zero-order chi connectivity index (χ0) is 20.4. The molecule has 0 spiro atoms. The number of nitrogens with zero attached hydrogens (tertiary/aromatic N) is 3. The van der Waals surface area contributed by atoms with Gasteiger partial charge in [0.05, 0.1) is 12.6 Å². The van der Waals surface area contributed by atoms with Crippen LogP contribution in [0.2, 0.25) is 5.02 Å². The van der Waals surface area contributed by atoms with Gasteiger partial charge in [-0.1, -0.05) is 11.6 Å². The van der Waals surface area contributed by atoms with Crippen molar-refractivity contribution in [3.63, 3.8) is 0 Å². The molecule has 0 saturated carbocycles. The molecule has 2 aromatic carbocycles. The van der Waals surface area contributed by atoms with Crippen LogP contribution in [0.4, 0.5) is 20.6 Å². The smallest absolute Gasteiger partial charge is 0.321 e. The lowest BCUT2D eigenvalue weighted by Gasteiger charge is -2.36. The van der Waals surface area contributed by atoms with E-state index in [0.717, 1.165) is 16.6 Å². The minimum Gasteiger partial charge on any atom is -0.494 e. The Morgan fingerprint density at radius 3 is 2.69 bits per heavy atom. The summed E-state index contributed by atoms with van der Waals surface area (Å²) in [5.41, 5.74) is 2.42. The minimum atomic E-state index is -0.468. The Morgan fingerprint density at radius 2 is 1.93 bits per heavy atom. The van der Waals surface area contributed by atoms with Crippen LogP contribution in [-0.2, 0) is 0 Å². The van der Waals surface area contributed by atoms with Gasteiger partial charge in [0.1, 0.15) is 0 Å². The van der Waals surface area contributed by atoms with Crippen LogP contribution in [-0.4, -0.2) is 49.2 Å². The average Bonchev–Trinajstić information content (AvgIpc) is 2.74. The molecule has 6 nitrogen and oxygen atoms in total. The van der Waals surface area contributed by atoms with Crippen molar-refractivity contribution in [2.45, 2.75) is 0 Å². The van der Waals surface area contributed by atoms with Gasteiger partial charge in [0.2, 0.25) is 0 Å². The summed E-state index contributed by atoms with van der Waals surface area (Å²) in [6.45, 7) is 2.53. The van der Waals surface area contributed by atoms with Gasteiger partial charge in [-0.25, -0.2) is 9.18 Å². The van der Waals surface area contributed by atoms with Gasteiger partial charge in [0.25, 0.3) is 0 Å². The summed E-state index contributed by atoms with van der Waals surface area (Å²) in [7, 11) is 1.39. The summed E-state index contributed by atoms with van der Waals surface area (Å²) >= 11 is 6.07. The highest BCUT2D eigenvalue weighted by Gasteiger charge is 2.22. The van der Waals surface area contributed by atoms with Crippen LogP contribution in [0.25, 0.3) is 10.9 Å². The zero-order valence-electron chi connectivity index (χ0n) is 15.9. The molecule has 1 aliphatic rings. The summed E-state index contributed by atoms with van der Waals surface area (Å²) in [5, 5.41) is 4.49. The number of rotatable bonds is 3. The number of methoxy groups -OCH3 is 1. The molecule has 1 aromatic heterocycles. The highest BCUT2D eigenvalue weighted by Crippen LogP contribution is 2.28. The van der Waals surface area contributed by atoms with Crippen molar-refractivity contribution >= 4 is 39.9 Å². The summed E-state index contributed by atoms with van der Waals surface area (Å²) in [4.78, 5) is 20.9. The number of fused-ring (bicyclic) bond motifs is 1. The SMILES string of the molecule is COc1cc(NC(=O)N2CCN(c3ccnc4cc(Cl)ccc34)CC2)ccc1F. The highest BCUT2D eigenvalue weighted by atomic mass is 35.5. The number of hydrogen-bond acceptors (Lipinski definition) is 4. The first-order valence-corrected chi connectivity index (χ1v) is 9.61. The van der Waals surface area contributed by atoms with E-state index < -0.39 is 5.82 Å². The molecule has 1 saturated heterocycles. The van der Waals surface area contributed by atoms with Gasteiger partial charge in [-0.2, -0.15) is 0 Å². The quantitative estimate of drug-likeness (QED) is 0.690. The molecular weight excluding hydrogens is 395 g/mol. The predicted octanol–water partition coefficient (Wildman–Crippen LogP) is 4.39. The van der Waals surface area contributed by atoms with E-state index >= 15 is 0 Å². The molecule has 0 aliphatic carbocycles. The Hall–Kier alpha value is -3.06. The monoisotopic (exact) mass is 414 g/mol. The van der Waals surface area contributed by atoms with Gasteiger partial charge in [-0.05, 0) is 36.4 Å². The number of anilines is 2. The lowest BCUT2D eigenvalue weighted by molar-refractivity contribution is 0.208. The van der Waals surface area contributed by atoms with Crippen molar-refractivity contribution in [1.82, 2.24) is 9.88 Å². The van der Waals surface area contributed by atoms with Crippen molar-refractivity contribution < 1.29 is 13.9 Å². The number of hydrogen-bond donors (Lipinski definition) is 1. The van der Waals surface area contributed by atoms with E-state index in [0.29, 0.717) is 36.9 Å². The predicted molar refractivity (Wildman–Crippen MR) is 113 cm³/mol. The number of pyridine rings is 1. The molecule has 0 bridgehead atoms. The van der Waals surface area contributed by atoms with E-state index in [-0.39, 0.29) is 11.8 Å². The molecule has 2 amide bonds. The lowest BCUT2D eigenvalue weighted by Crippen LogP contribution is -2.50. The second kappa shape index (κ2) is 8.13. The summed E-state index contributed by atoms with van der Waals surface area (Å²) in [6.07, 6.45) is 1.77. The molecular formula is C21H20ClFN4O2. The molecule has 8 heteroatoms. The molecule has 4 rings (SSSR count). The number of nitrogens with one attached hydrogen (secondary N) is 1. The number of carbonyl (C=O) groups is 1. The largest absolute Gasteiger partial charge is 0.494 e. The third kappa shape index (κ3) is 4.05. The van der Waals surface area contributed by atoms with Crippen molar-refractivity contribution in [2.75, 3.05) is 43.5 Å². The van der Waals surface area contributed by atoms with Crippen molar-refractivity contribution in [1.29, 1.82) is 0 Å². The molecule has 29 heavy (non-hydrogen) atoms. The molecule has 1 aliphatic heterocycles. The average molecular weight is 415 g/mol. The number of benzene rings is 2. The van der Waals surface area contributed by atoms with Gasteiger partial charge in [-0.15, -0.1) is 0 Å². The minimum absolute atomic E-state index is 0.0947. The van der Waals surface area contributed by atoms with Crippen LogP contribution in [0.5, 0.6) is 5.75 Å². The molecule has 1 N–H and O–H groups in total. The Bertz CT molecular complexity index is 1050. The molecule has 3 aromatic rings. The summed E-state index contributed by atoms with van der Waals surface area (Å²) in [6, 6.07) is 11.7. The van der Waals surface area contributed by atoms with E-state index in [1.807, 2.05) is 24.3 Å². The van der Waals surface area contributed by atoms with Gasteiger partial charge in [-0.3, -0.25) is 4.98 Å². The fraction of sp³-hybridized carbons (Fsp3) is 0.238. The Kier molecular flexibility index (Phi) is 5.40. The van der Waals surface area contributed by atoms with Crippen molar-refractivity contribution in [2.24, 2.45) is 0 Å². The second-order valence-corrected chi connectivity index (χ2v) is 7.18. The maximum atomic E-state index is 13.5. The number of aromatic nitrogens is 1. The Morgan fingerprint density at radius 1 is 1.14 bits per heavy atom. The number of piperazine rings is 1. The van der Waals surface area contributed by atoms with Crippen molar-refractivity contribution in [3.05, 3.63) is 59.5 Å². The van der Waals surface area contributed by atoms with Gasteiger partial charge in [0, 0.05) is 60.2 Å². The third-order valence-electron chi connectivity index (χ3n) is 4.99. The third-order valence-corrected chi connectivity index (χ3v) is 5.23. The van der Waals surface area contributed by atoms with E-state index in [4.69, 9.17) is 16.3 Å². The topological polar surface area (TPSA) is 57.7 Å². The first-order valence-electron chi connectivity index (χ1n) is 9.24. The summed E-state index contributed by atoms with van der Waals surface area (Å²) < 4.78 is 18.5. The summed E-state index contributed by atoms with van der Waals surface area (Å²) in [5.74, 6) is -0.373. The van der Waals surface area contributed by atoms with E-state index in [9.17, 15) is 9.18 Å². The van der Waals surface area contributed by atoms with Crippen LogP contribution < -0.4 is 15.0 Å². The molecule has 0 radical (unpaired) electrons. The van der Waals surface area contributed by atoms with E-state index in [1.54, 1.807) is 11.1 Å². The second-order valence-electron chi connectivity index (χ2n) is 6.75. The first kappa shape index (κ1) is 19.3. The molecule has 0 atom stereocenters. The standard InChI is InChI=1S/C21H20ClFN4O2/c1-29-20-13-15(3-5-17(20)23)25-21(28)27-10-8-26(9-11-27)19-6-7-24-18-12-14(22)2-4-16(18)19/h2-7,12-13H,8-11H2,1H3,(H,25,28). The van der Waals surface area contributed by atoms with Crippen LogP contribution in [0.15, 0.2) is 48.7 Å². The van der Waals surface area contributed by atoms with E-state index in [2.05, 4.69) is 15.2 Å².